The number of carbonyl (C=O) groups is 1. The van der Waals surface area contributed by atoms with Gasteiger partial charge in [0.15, 0.2) is 23.0 Å². The van der Waals surface area contributed by atoms with Gasteiger partial charge in [-0.3, -0.25) is 14.0 Å². The lowest BCUT2D eigenvalue weighted by Gasteiger charge is -2.21. The first-order valence-corrected chi connectivity index (χ1v) is 12.4. The van der Waals surface area contributed by atoms with Crippen LogP contribution in [0.25, 0.3) is 11.5 Å². The first-order chi connectivity index (χ1) is 18.8. The van der Waals surface area contributed by atoms with E-state index in [0.29, 0.717) is 42.5 Å². The third-order valence-corrected chi connectivity index (χ3v) is 6.97. The number of anilines is 3. The average molecular weight is 527 g/mol. The molecule has 12 heteroatoms. The van der Waals surface area contributed by atoms with Gasteiger partial charge in [-0.15, -0.1) is 5.10 Å². The van der Waals surface area contributed by atoms with Gasteiger partial charge in [-0.1, -0.05) is 12.1 Å². The van der Waals surface area contributed by atoms with E-state index < -0.39 is 5.97 Å². The van der Waals surface area contributed by atoms with E-state index in [2.05, 4.69) is 25.4 Å². The number of aromatic nitrogens is 6. The smallest absolute Gasteiger partial charge is 0.356 e. The highest BCUT2D eigenvalue weighted by atomic mass is 16.5. The van der Waals surface area contributed by atoms with Crippen LogP contribution in [0.3, 0.4) is 0 Å². The molecule has 0 saturated carbocycles. The van der Waals surface area contributed by atoms with Gasteiger partial charge in [0.1, 0.15) is 11.4 Å². The summed E-state index contributed by atoms with van der Waals surface area (Å²) in [7, 11) is 3.44. The predicted octanol–water partition coefficient (Wildman–Crippen LogP) is 2.94. The summed E-state index contributed by atoms with van der Waals surface area (Å²) in [6.07, 6.45) is 3.61. The predicted molar refractivity (Wildman–Crippen MR) is 145 cm³/mol. The SMILES string of the molecule is COc1ccc(CN2CCc3c(Nc4cccn(-c5cc(C)n(C)n5)c4=O)nn4c(C(=O)O)cnc4c32)cc1. The molecule has 0 aliphatic carbocycles. The van der Waals surface area contributed by atoms with Crippen molar-refractivity contribution < 1.29 is 14.6 Å². The fraction of sp³-hybridized carbons (Fsp3) is 0.222. The van der Waals surface area contributed by atoms with Crippen LogP contribution in [0, 0.1) is 6.92 Å². The zero-order valence-corrected chi connectivity index (χ0v) is 21.6. The van der Waals surface area contributed by atoms with E-state index in [0.717, 1.165) is 28.3 Å². The molecule has 0 atom stereocenters. The number of nitrogens with one attached hydrogen (secondary N) is 1. The maximum absolute atomic E-state index is 13.4. The Morgan fingerprint density at radius 3 is 2.67 bits per heavy atom. The number of hydrogen-bond donors (Lipinski definition) is 2. The van der Waals surface area contributed by atoms with Crippen molar-refractivity contribution in [1.29, 1.82) is 0 Å². The van der Waals surface area contributed by atoms with E-state index in [9.17, 15) is 14.7 Å². The molecule has 0 spiro atoms. The summed E-state index contributed by atoms with van der Waals surface area (Å²) in [5.41, 5.74) is 4.00. The van der Waals surface area contributed by atoms with Crippen molar-refractivity contribution in [2.75, 3.05) is 23.9 Å². The Bertz CT molecular complexity index is 1760. The number of aryl methyl sites for hydroxylation is 2. The number of imidazole rings is 1. The van der Waals surface area contributed by atoms with Crippen molar-refractivity contribution in [2.24, 2.45) is 7.05 Å². The van der Waals surface area contributed by atoms with Crippen molar-refractivity contribution in [3.05, 3.63) is 87.7 Å². The molecular formula is C27H26N8O4. The molecule has 2 N–H and O–H groups in total. The highest BCUT2D eigenvalue weighted by molar-refractivity contribution is 5.89. The molecule has 0 fully saturated rings. The number of rotatable bonds is 7. The van der Waals surface area contributed by atoms with Gasteiger partial charge in [-0.2, -0.15) is 5.10 Å². The summed E-state index contributed by atoms with van der Waals surface area (Å²) in [6, 6.07) is 13.1. The molecule has 4 aromatic heterocycles. The number of hydrogen-bond acceptors (Lipinski definition) is 8. The number of carboxylic acid groups (broad SMARTS) is 1. The molecule has 0 unspecified atom stereocenters. The minimum Gasteiger partial charge on any atom is -0.497 e. The van der Waals surface area contributed by atoms with Crippen LogP contribution < -0.4 is 20.5 Å². The third kappa shape index (κ3) is 4.15. The Hall–Kier alpha value is -5.13. The fourth-order valence-electron chi connectivity index (χ4n) is 4.86. The summed E-state index contributed by atoms with van der Waals surface area (Å²) in [4.78, 5) is 32.0. The summed E-state index contributed by atoms with van der Waals surface area (Å²) < 4.78 is 9.76. The van der Waals surface area contributed by atoms with Gasteiger partial charge in [0.25, 0.3) is 5.56 Å². The van der Waals surface area contributed by atoms with Gasteiger partial charge in [0.2, 0.25) is 0 Å². The second kappa shape index (κ2) is 9.31. The lowest BCUT2D eigenvalue weighted by molar-refractivity contribution is 0.0688. The number of carboxylic acids is 1. The molecule has 0 saturated heterocycles. The number of fused-ring (bicyclic) bond motifs is 3. The third-order valence-electron chi connectivity index (χ3n) is 6.97. The zero-order valence-electron chi connectivity index (χ0n) is 21.6. The monoisotopic (exact) mass is 526 g/mol. The van der Waals surface area contributed by atoms with E-state index in [1.54, 1.807) is 30.1 Å². The number of nitrogens with zero attached hydrogens (tertiary/aromatic N) is 7. The molecule has 0 amide bonds. The minimum absolute atomic E-state index is 0.0680. The van der Waals surface area contributed by atoms with Crippen LogP contribution in [0.4, 0.5) is 17.2 Å². The van der Waals surface area contributed by atoms with Crippen molar-refractivity contribution >= 4 is 28.8 Å². The Morgan fingerprint density at radius 1 is 1.18 bits per heavy atom. The molecule has 1 aliphatic heterocycles. The minimum atomic E-state index is -1.15. The Morgan fingerprint density at radius 2 is 1.97 bits per heavy atom. The van der Waals surface area contributed by atoms with Crippen molar-refractivity contribution in [3.8, 4) is 11.6 Å². The standard InChI is InChI=1S/C27H26N8O4/c1-16-13-22(30-32(16)2)34-11-4-5-20(26(34)36)29-24-19-10-12-33(15-17-6-8-18(39-3)9-7-17)23(19)25-28-14-21(27(37)38)35(25)31-24/h4-9,11,13-14H,10,12,15H2,1-3H3,(H,29,31)(H,37,38). The summed E-state index contributed by atoms with van der Waals surface area (Å²) >= 11 is 0. The number of aromatic carboxylic acids is 1. The van der Waals surface area contributed by atoms with Crippen LogP contribution in [0.5, 0.6) is 5.75 Å². The van der Waals surface area contributed by atoms with Crippen LogP contribution >= 0.6 is 0 Å². The van der Waals surface area contributed by atoms with Crippen molar-refractivity contribution in [3.63, 3.8) is 0 Å². The molecule has 6 rings (SSSR count). The summed E-state index contributed by atoms with van der Waals surface area (Å²) in [5, 5.41) is 22.0. The molecule has 5 heterocycles. The van der Waals surface area contributed by atoms with Gasteiger partial charge in [-0.05, 0) is 43.2 Å². The van der Waals surface area contributed by atoms with Crippen LogP contribution in [0.2, 0.25) is 0 Å². The van der Waals surface area contributed by atoms with Gasteiger partial charge in [-0.25, -0.2) is 14.3 Å². The van der Waals surface area contributed by atoms with E-state index >= 15 is 0 Å². The maximum Gasteiger partial charge on any atom is 0.356 e. The highest BCUT2D eigenvalue weighted by Crippen LogP contribution is 2.38. The van der Waals surface area contributed by atoms with Crippen molar-refractivity contribution in [1.82, 2.24) is 28.9 Å². The summed E-state index contributed by atoms with van der Waals surface area (Å²) in [5.74, 6) is 0.536. The second-order valence-electron chi connectivity index (χ2n) is 9.37. The Balaban J connectivity index is 1.44. The van der Waals surface area contributed by atoms with Gasteiger partial charge in [0, 0.05) is 43.7 Å². The number of methoxy groups -OCH3 is 1. The van der Waals surface area contributed by atoms with Crippen LogP contribution in [0.1, 0.15) is 27.3 Å². The van der Waals surface area contributed by atoms with Gasteiger partial charge >= 0.3 is 5.97 Å². The van der Waals surface area contributed by atoms with Gasteiger partial charge < -0.3 is 20.1 Å². The lowest BCUT2D eigenvalue weighted by atomic mass is 10.2. The number of ether oxygens (including phenoxy) is 1. The van der Waals surface area contributed by atoms with Crippen LogP contribution in [-0.2, 0) is 20.0 Å². The average Bonchev–Trinajstić information content (AvgIpc) is 3.63. The molecule has 5 aromatic rings. The van der Waals surface area contributed by atoms with E-state index in [-0.39, 0.29) is 11.3 Å². The first kappa shape index (κ1) is 24.2. The maximum atomic E-state index is 13.4. The Kier molecular flexibility index (Phi) is 5.78. The molecule has 12 nitrogen and oxygen atoms in total. The highest BCUT2D eigenvalue weighted by Gasteiger charge is 2.30. The van der Waals surface area contributed by atoms with E-state index in [1.165, 1.54) is 15.3 Å². The normalized spacial score (nSPS) is 12.6. The van der Waals surface area contributed by atoms with E-state index in [1.807, 2.05) is 44.3 Å². The zero-order chi connectivity index (χ0) is 27.3. The lowest BCUT2D eigenvalue weighted by Crippen LogP contribution is -2.22. The van der Waals surface area contributed by atoms with Crippen molar-refractivity contribution in [2.45, 2.75) is 19.9 Å². The molecule has 39 heavy (non-hydrogen) atoms. The topological polar surface area (TPSA) is 132 Å². The van der Waals surface area contributed by atoms with Gasteiger partial charge in [0.05, 0.1) is 19.0 Å². The number of benzene rings is 1. The molecule has 198 valence electrons. The summed E-state index contributed by atoms with van der Waals surface area (Å²) in [6.45, 7) is 3.18. The number of pyridine rings is 1. The Labute approximate surface area is 222 Å². The molecule has 1 aliphatic rings. The van der Waals surface area contributed by atoms with E-state index in [4.69, 9.17) is 4.74 Å². The molecule has 0 radical (unpaired) electrons. The molecular weight excluding hydrogens is 500 g/mol. The largest absolute Gasteiger partial charge is 0.497 e. The molecule has 1 aromatic carbocycles. The quantitative estimate of drug-likeness (QED) is 0.328. The van der Waals surface area contributed by atoms with Crippen LogP contribution in [0.15, 0.2) is 59.7 Å². The fourth-order valence-corrected chi connectivity index (χ4v) is 4.86. The second-order valence-corrected chi connectivity index (χ2v) is 9.37. The first-order valence-electron chi connectivity index (χ1n) is 12.4. The molecule has 0 bridgehead atoms. The van der Waals surface area contributed by atoms with Crippen LogP contribution in [-0.4, -0.2) is 53.7 Å².